The van der Waals surface area contributed by atoms with E-state index in [4.69, 9.17) is 0 Å². The normalized spacial score (nSPS) is 12.8. The van der Waals surface area contributed by atoms with E-state index in [0.717, 1.165) is 16.1 Å². The first kappa shape index (κ1) is 19.9. The molecule has 0 saturated carbocycles. The number of aromatic nitrogens is 3. The number of amides is 1. The lowest BCUT2D eigenvalue weighted by atomic mass is 10.0. The lowest BCUT2D eigenvalue weighted by Crippen LogP contribution is -2.43. The highest BCUT2D eigenvalue weighted by Crippen LogP contribution is 2.21. The van der Waals surface area contributed by atoms with Gasteiger partial charge in [-0.1, -0.05) is 26.0 Å². The average molecular weight is 379 g/mol. The van der Waals surface area contributed by atoms with Crippen molar-refractivity contribution in [2.24, 2.45) is 13.0 Å². The van der Waals surface area contributed by atoms with Crippen LogP contribution >= 0.6 is 0 Å². The maximum absolute atomic E-state index is 12.6. The molecular formula is C17H25N5O3S. The third-order valence-electron chi connectivity index (χ3n) is 3.98. The van der Waals surface area contributed by atoms with E-state index in [1.54, 1.807) is 29.9 Å². The van der Waals surface area contributed by atoms with E-state index in [1.807, 2.05) is 26.8 Å². The van der Waals surface area contributed by atoms with Crippen molar-refractivity contribution in [1.29, 1.82) is 0 Å². The second-order valence-electron chi connectivity index (χ2n) is 6.64. The van der Waals surface area contributed by atoms with Crippen molar-refractivity contribution < 1.29 is 13.2 Å². The SMILES string of the molecule is Cc1cccc(N(CC(=O)NC(c2ncnn2C)C(C)C)S(C)(=O)=O)c1. The van der Waals surface area contributed by atoms with Crippen molar-refractivity contribution in [1.82, 2.24) is 20.1 Å². The topological polar surface area (TPSA) is 97.2 Å². The van der Waals surface area contributed by atoms with Crippen LogP contribution in [0.4, 0.5) is 5.69 Å². The maximum atomic E-state index is 12.6. The second kappa shape index (κ2) is 7.86. The minimum Gasteiger partial charge on any atom is -0.344 e. The van der Waals surface area contributed by atoms with Crippen molar-refractivity contribution in [3.05, 3.63) is 42.0 Å². The first-order chi connectivity index (χ1) is 12.1. The van der Waals surface area contributed by atoms with Gasteiger partial charge >= 0.3 is 0 Å². The summed E-state index contributed by atoms with van der Waals surface area (Å²) in [6.07, 6.45) is 2.51. The molecular weight excluding hydrogens is 354 g/mol. The first-order valence-electron chi connectivity index (χ1n) is 8.27. The number of hydrogen-bond donors (Lipinski definition) is 1. The van der Waals surface area contributed by atoms with Crippen LogP contribution in [-0.2, 0) is 21.9 Å². The predicted octanol–water partition coefficient (Wildman–Crippen LogP) is 1.40. The third-order valence-corrected chi connectivity index (χ3v) is 5.13. The Balaban J connectivity index is 2.23. The zero-order valence-electron chi connectivity index (χ0n) is 15.7. The van der Waals surface area contributed by atoms with Crippen LogP contribution in [0.1, 0.15) is 31.3 Å². The van der Waals surface area contributed by atoms with Gasteiger partial charge in [-0.25, -0.2) is 13.4 Å². The van der Waals surface area contributed by atoms with E-state index in [9.17, 15) is 13.2 Å². The minimum absolute atomic E-state index is 0.0625. The number of benzene rings is 1. The van der Waals surface area contributed by atoms with Gasteiger partial charge in [0.15, 0.2) is 0 Å². The van der Waals surface area contributed by atoms with Gasteiger partial charge in [0.25, 0.3) is 0 Å². The Morgan fingerprint density at radius 2 is 2.04 bits per heavy atom. The van der Waals surface area contributed by atoms with Crippen molar-refractivity contribution >= 4 is 21.6 Å². The highest BCUT2D eigenvalue weighted by atomic mass is 32.2. The summed E-state index contributed by atoms with van der Waals surface area (Å²) in [7, 11) is -1.86. The van der Waals surface area contributed by atoms with Crippen LogP contribution in [0.2, 0.25) is 0 Å². The molecule has 1 unspecified atom stereocenters. The third kappa shape index (κ3) is 4.81. The molecule has 1 heterocycles. The number of carbonyl (C=O) groups is 1. The number of sulfonamides is 1. The molecule has 1 N–H and O–H groups in total. The largest absolute Gasteiger partial charge is 0.344 e. The Bertz CT molecular complexity index is 876. The van der Waals surface area contributed by atoms with Crippen LogP contribution in [0.25, 0.3) is 0 Å². The van der Waals surface area contributed by atoms with Gasteiger partial charge in [-0.3, -0.25) is 13.8 Å². The molecule has 1 amide bonds. The van der Waals surface area contributed by atoms with Crippen LogP contribution < -0.4 is 9.62 Å². The molecule has 0 bridgehead atoms. The molecule has 142 valence electrons. The van der Waals surface area contributed by atoms with Crippen LogP contribution in [0.5, 0.6) is 0 Å². The lowest BCUT2D eigenvalue weighted by Gasteiger charge is -2.25. The molecule has 2 aromatic rings. The van der Waals surface area contributed by atoms with E-state index in [-0.39, 0.29) is 18.5 Å². The van der Waals surface area contributed by atoms with E-state index < -0.39 is 15.9 Å². The average Bonchev–Trinajstić information content (AvgIpc) is 2.94. The summed E-state index contributed by atoms with van der Waals surface area (Å²) in [4.78, 5) is 16.8. The quantitative estimate of drug-likeness (QED) is 0.784. The van der Waals surface area contributed by atoms with Gasteiger partial charge in [-0.2, -0.15) is 5.10 Å². The molecule has 0 aliphatic rings. The fourth-order valence-electron chi connectivity index (χ4n) is 2.65. The van der Waals surface area contributed by atoms with Gasteiger partial charge in [-0.15, -0.1) is 0 Å². The number of aryl methyl sites for hydroxylation is 2. The Kier molecular flexibility index (Phi) is 6.01. The van der Waals surface area contributed by atoms with Crippen molar-refractivity contribution in [2.75, 3.05) is 17.1 Å². The summed E-state index contributed by atoms with van der Waals surface area (Å²) in [6.45, 7) is 5.47. The van der Waals surface area contributed by atoms with Gasteiger partial charge in [0.05, 0.1) is 18.0 Å². The molecule has 0 aliphatic heterocycles. The molecule has 26 heavy (non-hydrogen) atoms. The van der Waals surface area contributed by atoms with Crippen LogP contribution in [0.3, 0.4) is 0 Å². The number of carbonyl (C=O) groups excluding carboxylic acids is 1. The number of nitrogens with zero attached hydrogens (tertiary/aromatic N) is 4. The number of anilines is 1. The summed E-state index contributed by atoms with van der Waals surface area (Å²) < 4.78 is 27.1. The van der Waals surface area contributed by atoms with Crippen molar-refractivity contribution in [3.63, 3.8) is 0 Å². The molecule has 8 nitrogen and oxygen atoms in total. The summed E-state index contributed by atoms with van der Waals surface area (Å²) in [6, 6.07) is 6.67. The van der Waals surface area contributed by atoms with Gasteiger partial charge in [-0.05, 0) is 30.5 Å². The fourth-order valence-corrected chi connectivity index (χ4v) is 3.50. The Hall–Kier alpha value is -2.42. The van der Waals surface area contributed by atoms with Gasteiger partial charge in [0, 0.05) is 7.05 Å². The first-order valence-corrected chi connectivity index (χ1v) is 10.1. The lowest BCUT2D eigenvalue weighted by molar-refractivity contribution is -0.120. The summed E-state index contributed by atoms with van der Waals surface area (Å²) in [5.41, 5.74) is 1.37. The standard InChI is InChI=1S/C17H25N5O3S/c1-12(2)16(17-18-11-19-21(17)4)20-15(23)10-22(26(5,24)25)14-8-6-7-13(3)9-14/h6-9,11-12,16H,10H2,1-5H3,(H,20,23). The molecule has 1 atom stereocenters. The Morgan fingerprint density at radius 3 is 2.54 bits per heavy atom. The highest BCUT2D eigenvalue weighted by molar-refractivity contribution is 7.92. The smallest absolute Gasteiger partial charge is 0.241 e. The minimum atomic E-state index is -3.61. The number of hydrogen-bond acceptors (Lipinski definition) is 5. The van der Waals surface area contributed by atoms with Crippen LogP contribution in [0, 0.1) is 12.8 Å². The van der Waals surface area contributed by atoms with E-state index in [2.05, 4.69) is 15.4 Å². The van der Waals surface area contributed by atoms with Crippen LogP contribution in [0.15, 0.2) is 30.6 Å². The molecule has 0 aliphatic carbocycles. The monoisotopic (exact) mass is 379 g/mol. The summed E-state index contributed by atoms with van der Waals surface area (Å²) in [5.74, 6) is 0.279. The van der Waals surface area contributed by atoms with E-state index >= 15 is 0 Å². The van der Waals surface area contributed by atoms with Gasteiger partial charge in [0.1, 0.15) is 18.7 Å². The Labute approximate surface area is 154 Å². The van der Waals surface area contributed by atoms with E-state index in [1.165, 1.54) is 6.33 Å². The maximum Gasteiger partial charge on any atom is 0.241 e. The van der Waals surface area contributed by atoms with Gasteiger partial charge in [0.2, 0.25) is 15.9 Å². The fraction of sp³-hybridized carbons (Fsp3) is 0.471. The predicted molar refractivity (Wildman–Crippen MR) is 100 cm³/mol. The molecule has 9 heteroatoms. The molecule has 0 saturated heterocycles. The van der Waals surface area contributed by atoms with Crippen molar-refractivity contribution in [3.8, 4) is 0 Å². The summed E-state index contributed by atoms with van der Waals surface area (Å²) in [5, 5.41) is 6.91. The molecule has 1 aromatic carbocycles. The molecule has 2 rings (SSSR count). The molecule has 1 aromatic heterocycles. The molecule has 0 radical (unpaired) electrons. The van der Waals surface area contributed by atoms with E-state index in [0.29, 0.717) is 11.5 Å². The Morgan fingerprint density at radius 1 is 1.35 bits per heavy atom. The van der Waals surface area contributed by atoms with Crippen LogP contribution in [-0.4, -0.2) is 41.9 Å². The zero-order chi connectivity index (χ0) is 19.5. The zero-order valence-corrected chi connectivity index (χ0v) is 16.5. The van der Waals surface area contributed by atoms with Gasteiger partial charge < -0.3 is 5.32 Å². The van der Waals surface area contributed by atoms with Crippen molar-refractivity contribution in [2.45, 2.75) is 26.8 Å². The second-order valence-corrected chi connectivity index (χ2v) is 8.55. The highest BCUT2D eigenvalue weighted by Gasteiger charge is 2.26. The number of rotatable bonds is 7. The summed E-state index contributed by atoms with van der Waals surface area (Å²) >= 11 is 0. The number of nitrogens with one attached hydrogen (secondary N) is 1. The molecule has 0 fully saturated rings. The molecule has 0 spiro atoms.